The van der Waals surface area contributed by atoms with Crippen molar-refractivity contribution >= 4 is 46.0 Å². The van der Waals surface area contributed by atoms with E-state index in [2.05, 4.69) is 9.97 Å². The first-order valence-corrected chi connectivity index (χ1v) is 7.81. The summed E-state index contributed by atoms with van der Waals surface area (Å²) in [6.07, 6.45) is 1.97. The number of nitrogens with zero attached hydrogens (tertiary/aromatic N) is 1. The van der Waals surface area contributed by atoms with E-state index >= 15 is 0 Å². The third-order valence-corrected chi connectivity index (χ3v) is 4.15. The number of nitrogens with one attached hydrogen (secondary N) is 1. The molecule has 3 rings (SSSR count). The van der Waals surface area contributed by atoms with E-state index in [1.807, 2.05) is 24.5 Å². The van der Waals surface area contributed by atoms with Crippen LogP contribution in [0.2, 0.25) is 10.0 Å². The van der Waals surface area contributed by atoms with Crippen molar-refractivity contribution in [3.05, 3.63) is 46.4 Å². The van der Waals surface area contributed by atoms with Crippen molar-refractivity contribution in [2.75, 3.05) is 6.26 Å². The minimum absolute atomic E-state index is 0.406. The van der Waals surface area contributed by atoms with Crippen molar-refractivity contribution in [3.8, 4) is 11.5 Å². The third-order valence-electron chi connectivity index (χ3n) is 2.77. The lowest BCUT2D eigenvalue weighted by molar-refractivity contribution is 0.483. The quantitative estimate of drug-likeness (QED) is 0.657. The van der Waals surface area contributed by atoms with Gasteiger partial charge in [-0.05, 0) is 30.5 Å². The normalized spacial score (nSPS) is 10.9. The second kappa shape index (κ2) is 5.56. The molecule has 6 heteroatoms. The molecule has 3 aromatic rings. The van der Waals surface area contributed by atoms with Crippen molar-refractivity contribution in [1.82, 2.24) is 9.97 Å². The summed E-state index contributed by atoms with van der Waals surface area (Å²) in [4.78, 5) is 7.63. The molecule has 102 valence electrons. The molecule has 0 saturated carbocycles. The second-order valence-electron chi connectivity index (χ2n) is 4.08. The maximum atomic E-state index is 6.11. The van der Waals surface area contributed by atoms with Gasteiger partial charge in [0.25, 0.3) is 0 Å². The van der Waals surface area contributed by atoms with E-state index in [0.29, 0.717) is 21.5 Å². The van der Waals surface area contributed by atoms with Crippen LogP contribution in [0, 0.1) is 0 Å². The predicted octanol–water partition coefficient (Wildman–Crippen LogP) is 5.38. The van der Waals surface area contributed by atoms with Crippen LogP contribution < -0.4 is 4.74 Å². The van der Waals surface area contributed by atoms with Crippen LogP contribution in [-0.4, -0.2) is 16.2 Å². The highest BCUT2D eigenvalue weighted by Gasteiger charge is 2.08. The zero-order valence-corrected chi connectivity index (χ0v) is 12.8. The summed E-state index contributed by atoms with van der Waals surface area (Å²) in [7, 11) is 0. The molecule has 20 heavy (non-hydrogen) atoms. The first-order chi connectivity index (χ1) is 9.67. The molecule has 0 bridgehead atoms. The van der Waals surface area contributed by atoms with Crippen LogP contribution in [0.15, 0.2) is 41.6 Å². The zero-order chi connectivity index (χ0) is 14.1. The highest BCUT2D eigenvalue weighted by atomic mass is 35.5. The minimum atomic E-state index is 0.406. The molecule has 1 N–H and O–H groups in total. The highest BCUT2D eigenvalue weighted by Crippen LogP contribution is 2.35. The number of H-pyrrole nitrogens is 1. The molecule has 0 spiro atoms. The molecule has 1 heterocycles. The number of fused-ring (bicyclic) bond motifs is 1. The van der Waals surface area contributed by atoms with Gasteiger partial charge < -0.3 is 9.72 Å². The van der Waals surface area contributed by atoms with Crippen molar-refractivity contribution in [2.24, 2.45) is 0 Å². The van der Waals surface area contributed by atoms with Crippen LogP contribution in [0.25, 0.3) is 11.0 Å². The van der Waals surface area contributed by atoms with E-state index in [0.717, 1.165) is 16.2 Å². The van der Waals surface area contributed by atoms with Crippen LogP contribution in [0.4, 0.5) is 0 Å². The van der Waals surface area contributed by atoms with Gasteiger partial charge in [-0.15, -0.1) is 0 Å². The van der Waals surface area contributed by atoms with Crippen LogP contribution in [-0.2, 0) is 0 Å². The van der Waals surface area contributed by atoms with E-state index in [-0.39, 0.29) is 0 Å². The Morgan fingerprint density at radius 3 is 2.85 bits per heavy atom. The average Bonchev–Trinajstić information content (AvgIpc) is 2.86. The summed E-state index contributed by atoms with van der Waals surface area (Å²) in [5, 5.41) is 1.75. The van der Waals surface area contributed by atoms with E-state index in [1.165, 1.54) is 0 Å². The first-order valence-electron chi connectivity index (χ1n) is 5.83. The van der Waals surface area contributed by atoms with Crippen molar-refractivity contribution < 1.29 is 4.74 Å². The molecular weight excluding hydrogens is 315 g/mol. The fraction of sp³-hybridized carbons (Fsp3) is 0.0714. The van der Waals surface area contributed by atoms with Gasteiger partial charge in [-0.1, -0.05) is 41.0 Å². The number of aromatic nitrogens is 2. The number of ether oxygens (including phenoxy) is 1. The molecule has 3 nitrogen and oxygen atoms in total. The molecule has 1 aromatic heterocycles. The van der Waals surface area contributed by atoms with Gasteiger partial charge in [-0.25, -0.2) is 4.98 Å². The number of imidazole rings is 1. The maximum absolute atomic E-state index is 6.11. The summed E-state index contributed by atoms with van der Waals surface area (Å²) >= 11 is 13.6. The van der Waals surface area contributed by atoms with Crippen LogP contribution in [0.5, 0.6) is 11.5 Å². The summed E-state index contributed by atoms with van der Waals surface area (Å²) < 4.78 is 5.77. The Morgan fingerprint density at radius 1 is 1.20 bits per heavy atom. The molecular formula is C14H10Cl2N2OS. The van der Waals surface area contributed by atoms with Gasteiger partial charge >= 0.3 is 0 Å². The summed E-state index contributed by atoms with van der Waals surface area (Å²) in [6, 6.07) is 10.9. The summed E-state index contributed by atoms with van der Waals surface area (Å²) in [5.41, 5.74) is 1.82. The number of benzene rings is 2. The number of rotatable bonds is 3. The SMILES string of the molecule is CSc1nc2ccc(Oc3cccc(Cl)c3Cl)cc2[nH]1. The van der Waals surface area contributed by atoms with Gasteiger partial charge in [0.2, 0.25) is 0 Å². The smallest absolute Gasteiger partial charge is 0.166 e. The zero-order valence-electron chi connectivity index (χ0n) is 10.5. The number of hydrogen-bond acceptors (Lipinski definition) is 3. The lowest BCUT2D eigenvalue weighted by Crippen LogP contribution is -1.85. The van der Waals surface area contributed by atoms with Crippen LogP contribution in [0.1, 0.15) is 0 Å². The van der Waals surface area contributed by atoms with Crippen molar-refractivity contribution in [1.29, 1.82) is 0 Å². The van der Waals surface area contributed by atoms with E-state index in [4.69, 9.17) is 27.9 Å². The largest absolute Gasteiger partial charge is 0.456 e. The number of hydrogen-bond donors (Lipinski definition) is 1. The topological polar surface area (TPSA) is 37.9 Å². The Balaban J connectivity index is 1.96. The highest BCUT2D eigenvalue weighted by molar-refractivity contribution is 7.98. The van der Waals surface area contributed by atoms with E-state index < -0.39 is 0 Å². The van der Waals surface area contributed by atoms with Gasteiger partial charge in [0, 0.05) is 6.07 Å². The molecule has 0 atom stereocenters. The van der Waals surface area contributed by atoms with Crippen molar-refractivity contribution in [2.45, 2.75) is 5.16 Å². The van der Waals surface area contributed by atoms with Gasteiger partial charge in [-0.3, -0.25) is 0 Å². The average molecular weight is 325 g/mol. The minimum Gasteiger partial charge on any atom is -0.456 e. The Hall–Kier alpha value is -1.36. The third kappa shape index (κ3) is 2.59. The van der Waals surface area contributed by atoms with Gasteiger partial charge in [0.05, 0.1) is 16.1 Å². The fourth-order valence-corrected chi connectivity index (χ4v) is 2.55. The summed E-state index contributed by atoms with van der Waals surface area (Å²) in [5.74, 6) is 1.21. The van der Waals surface area contributed by atoms with Crippen molar-refractivity contribution in [3.63, 3.8) is 0 Å². The lowest BCUT2D eigenvalue weighted by Gasteiger charge is -2.08. The first kappa shape index (κ1) is 13.6. The molecule has 0 saturated heterocycles. The fourth-order valence-electron chi connectivity index (χ4n) is 1.82. The molecule has 0 aliphatic carbocycles. The molecule has 0 fully saturated rings. The predicted molar refractivity (Wildman–Crippen MR) is 84.4 cm³/mol. The standard InChI is InChI=1S/C14H10Cl2N2OS/c1-20-14-17-10-6-5-8(7-11(10)18-14)19-12-4-2-3-9(15)13(12)16/h2-7H,1H3,(H,17,18). The van der Waals surface area contributed by atoms with Crippen LogP contribution >= 0.6 is 35.0 Å². The lowest BCUT2D eigenvalue weighted by atomic mass is 10.3. The molecule has 0 radical (unpaired) electrons. The maximum Gasteiger partial charge on any atom is 0.166 e. The number of thioether (sulfide) groups is 1. The van der Waals surface area contributed by atoms with Gasteiger partial charge in [-0.2, -0.15) is 0 Å². The van der Waals surface area contributed by atoms with E-state index in [1.54, 1.807) is 30.0 Å². The molecule has 0 aliphatic rings. The Bertz CT molecular complexity index is 773. The Morgan fingerprint density at radius 2 is 2.05 bits per heavy atom. The monoisotopic (exact) mass is 324 g/mol. The Labute approximate surface area is 130 Å². The van der Waals surface area contributed by atoms with Gasteiger partial charge in [0.1, 0.15) is 16.5 Å². The molecule has 0 unspecified atom stereocenters. The number of aromatic amines is 1. The number of halogens is 2. The van der Waals surface area contributed by atoms with E-state index in [9.17, 15) is 0 Å². The molecule has 0 aliphatic heterocycles. The molecule has 2 aromatic carbocycles. The summed E-state index contributed by atoms with van der Waals surface area (Å²) in [6.45, 7) is 0. The Kier molecular flexibility index (Phi) is 3.78. The van der Waals surface area contributed by atoms with Crippen LogP contribution in [0.3, 0.4) is 0 Å². The molecule has 0 amide bonds. The van der Waals surface area contributed by atoms with Gasteiger partial charge in [0.15, 0.2) is 5.16 Å². The second-order valence-corrected chi connectivity index (χ2v) is 5.66.